The Kier molecular flexibility index (Phi) is 7.31. The molecule has 0 aliphatic carbocycles. The number of anilines is 1. The van der Waals surface area contributed by atoms with E-state index in [2.05, 4.69) is 20.7 Å². The highest BCUT2D eigenvalue weighted by molar-refractivity contribution is 6.02. The quantitative estimate of drug-likeness (QED) is 0.282. The monoisotopic (exact) mass is 545 g/mol. The first-order valence-electron chi connectivity index (χ1n) is 12.0. The summed E-state index contributed by atoms with van der Waals surface area (Å²) in [4.78, 5) is 29.3. The van der Waals surface area contributed by atoms with Crippen LogP contribution in [0.4, 0.5) is 14.9 Å². The summed E-state index contributed by atoms with van der Waals surface area (Å²) < 4.78 is 37.5. The second kappa shape index (κ2) is 11.2. The fraction of sp³-hybridized carbons (Fsp3) is 0.143. The van der Waals surface area contributed by atoms with Crippen LogP contribution < -0.4 is 29.6 Å². The number of hydrogen-bond acceptors (Lipinski definition) is 8. The normalized spacial score (nSPS) is 10.8. The topological polar surface area (TPSA) is 126 Å². The number of nitrogens with one attached hydrogen (secondary N) is 2. The summed E-state index contributed by atoms with van der Waals surface area (Å²) in [7, 11) is 4.53. The molecule has 40 heavy (non-hydrogen) atoms. The first kappa shape index (κ1) is 26.2. The Morgan fingerprint density at radius 3 is 2.45 bits per heavy atom. The van der Waals surface area contributed by atoms with Gasteiger partial charge in [0.25, 0.3) is 0 Å². The Morgan fingerprint density at radius 2 is 1.68 bits per heavy atom. The van der Waals surface area contributed by atoms with E-state index >= 15 is 0 Å². The number of pyridine rings is 1. The van der Waals surface area contributed by atoms with Crippen molar-refractivity contribution in [1.82, 2.24) is 20.1 Å². The van der Waals surface area contributed by atoms with Crippen LogP contribution in [0, 0.1) is 5.82 Å². The fourth-order valence-corrected chi connectivity index (χ4v) is 4.15. The van der Waals surface area contributed by atoms with Gasteiger partial charge in [0.05, 0.1) is 49.6 Å². The number of nitrogens with zero attached hydrogens (tertiary/aromatic N) is 3. The molecule has 0 saturated heterocycles. The molecule has 0 bridgehead atoms. The van der Waals surface area contributed by atoms with Crippen molar-refractivity contribution < 1.29 is 32.9 Å². The van der Waals surface area contributed by atoms with Crippen molar-refractivity contribution in [3.05, 3.63) is 72.8 Å². The van der Waals surface area contributed by atoms with Crippen LogP contribution in [0.15, 0.2) is 67.0 Å². The molecular formula is C28H24FN5O6. The Morgan fingerprint density at radius 1 is 0.900 bits per heavy atom. The maximum absolute atomic E-state index is 13.9. The summed E-state index contributed by atoms with van der Waals surface area (Å²) in [6, 6.07) is 13.7. The van der Waals surface area contributed by atoms with Crippen LogP contribution in [0.3, 0.4) is 0 Å². The molecule has 11 nitrogen and oxygen atoms in total. The molecule has 2 N–H and O–H groups in total. The van der Waals surface area contributed by atoms with Crippen LogP contribution in [-0.2, 0) is 11.3 Å². The van der Waals surface area contributed by atoms with Gasteiger partial charge in [0, 0.05) is 23.7 Å². The minimum Gasteiger partial charge on any atom is -0.494 e. The molecule has 204 valence electrons. The lowest BCUT2D eigenvalue weighted by Crippen LogP contribution is -2.36. The second-order valence-corrected chi connectivity index (χ2v) is 8.47. The Balaban J connectivity index is 1.28. The van der Waals surface area contributed by atoms with Crippen molar-refractivity contribution in [3.8, 4) is 28.7 Å². The van der Waals surface area contributed by atoms with E-state index in [1.807, 2.05) is 0 Å². The van der Waals surface area contributed by atoms with Gasteiger partial charge in [0.2, 0.25) is 5.91 Å². The Labute approximate surface area is 227 Å². The minimum atomic E-state index is -0.777. The van der Waals surface area contributed by atoms with E-state index in [1.54, 1.807) is 62.9 Å². The van der Waals surface area contributed by atoms with Gasteiger partial charge < -0.3 is 24.3 Å². The molecule has 3 aromatic carbocycles. The number of ether oxygens (including phenoxy) is 4. The van der Waals surface area contributed by atoms with Gasteiger partial charge in [-0.3, -0.25) is 19.8 Å². The predicted molar refractivity (Wildman–Crippen MR) is 145 cm³/mol. The summed E-state index contributed by atoms with van der Waals surface area (Å²) in [5, 5.41) is 9.83. The Bertz CT molecular complexity index is 1740. The van der Waals surface area contributed by atoms with Gasteiger partial charge >= 0.3 is 6.03 Å². The molecule has 0 unspecified atom stereocenters. The largest absolute Gasteiger partial charge is 0.494 e. The maximum Gasteiger partial charge on any atom is 0.326 e. The van der Waals surface area contributed by atoms with Gasteiger partial charge in [-0.15, -0.1) is 0 Å². The summed E-state index contributed by atoms with van der Waals surface area (Å²) in [6.45, 7) is -0.277. The molecule has 0 aliphatic heterocycles. The lowest BCUT2D eigenvalue weighted by Gasteiger charge is -2.14. The third kappa shape index (κ3) is 5.27. The number of hydrogen-bond donors (Lipinski definition) is 2. The highest BCUT2D eigenvalue weighted by atomic mass is 19.1. The first-order chi connectivity index (χ1) is 19.4. The van der Waals surface area contributed by atoms with Gasteiger partial charge in [-0.05, 0) is 36.4 Å². The number of imide groups is 1. The number of benzene rings is 3. The van der Waals surface area contributed by atoms with Crippen molar-refractivity contribution in [3.63, 3.8) is 0 Å². The number of aromatic nitrogens is 3. The van der Waals surface area contributed by atoms with E-state index in [0.717, 1.165) is 0 Å². The van der Waals surface area contributed by atoms with Gasteiger partial charge in [0.15, 0.2) is 11.5 Å². The summed E-state index contributed by atoms with van der Waals surface area (Å²) in [5.74, 6) is 1.23. The molecule has 12 heteroatoms. The van der Waals surface area contributed by atoms with E-state index in [1.165, 1.54) is 30.1 Å². The van der Waals surface area contributed by atoms with Crippen LogP contribution in [0.25, 0.3) is 21.8 Å². The fourth-order valence-electron chi connectivity index (χ4n) is 4.15. The van der Waals surface area contributed by atoms with E-state index in [9.17, 15) is 14.0 Å². The van der Waals surface area contributed by atoms with E-state index < -0.39 is 17.8 Å². The van der Waals surface area contributed by atoms with Crippen LogP contribution in [-0.4, -0.2) is 48.0 Å². The summed E-state index contributed by atoms with van der Waals surface area (Å²) in [6.07, 6.45) is 2.94. The highest BCUT2D eigenvalue weighted by Gasteiger charge is 2.16. The van der Waals surface area contributed by atoms with Gasteiger partial charge in [0.1, 0.15) is 29.6 Å². The highest BCUT2D eigenvalue weighted by Crippen LogP contribution is 2.38. The van der Waals surface area contributed by atoms with Crippen LogP contribution in [0.2, 0.25) is 0 Å². The molecule has 0 fully saturated rings. The van der Waals surface area contributed by atoms with Gasteiger partial charge in [-0.25, -0.2) is 9.18 Å². The number of halogens is 1. The molecule has 0 radical (unpaired) electrons. The van der Waals surface area contributed by atoms with Crippen LogP contribution in [0.1, 0.15) is 0 Å². The number of carbonyl (C=O) groups is 2. The summed E-state index contributed by atoms with van der Waals surface area (Å²) >= 11 is 0. The standard InChI is InChI=1S/C28H24FN5O6/c1-37-24-11-16(40-23-9-10-30-21-13-26(39-3)25(38-2)12-17(21)23)7-8-20(24)32-28(36)33-27(35)15-34-22-6-4-5-19(29)18(22)14-31-34/h4-14H,15H2,1-3H3,(H2,32,33,35,36). The van der Waals surface area contributed by atoms with Gasteiger partial charge in [-0.2, -0.15) is 5.10 Å². The van der Waals surface area contributed by atoms with Crippen molar-refractivity contribution in [2.45, 2.75) is 6.54 Å². The molecule has 5 rings (SSSR count). The third-order valence-corrected chi connectivity index (χ3v) is 6.04. The molecule has 3 amide bonds. The van der Waals surface area contributed by atoms with Crippen molar-refractivity contribution >= 4 is 39.4 Å². The molecule has 0 saturated carbocycles. The van der Waals surface area contributed by atoms with E-state index in [0.29, 0.717) is 50.9 Å². The van der Waals surface area contributed by atoms with Crippen LogP contribution in [0.5, 0.6) is 28.7 Å². The molecule has 0 atom stereocenters. The zero-order valence-electron chi connectivity index (χ0n) is 21.7. The van der Waals surface area contributed by atoms with E-state index in [4.69, 9.17) is 18.9 Å². The van der Waals surface area contributed by atoms with Crippen molar-refractivity contribution in [2.75, 3.05) is 26.6 Å². The molecule has 0 spiro atoms. The number of fused-ring (bicyclic) bond motifs is 2. The third-order valence-electron chi connectivity index (χ3n) is 6.04. The van der Waals surface area contributed by atoms with E-state index in [-0.39, 0.29) is 11.9 Å². The lowest BCUT2D eigenvalue weighted by molar-refractivity contribution is -0.120. The molecular weight excluding hydrogens is 521 g/mol. The minimum absolute atomic E-state index is 0.277. The first-order valence-corrected chi connectivity index (χ1v) is 12.0. The molecule has 0 aliphatic rings. The number of rotatable bonds is 8. The zero-order chi connectivity index (χ0) is 28.2. The zero-order valence-corrected chi connectivity index (χ0v) is 21.7. The van der Waals surface area contributed by atoms with Gasteiger partial charge in [-0.1, -0.05) is 6.07 Å². The second-order valence-electron chi connectivity index (χ2n) is 8.47. The molecule has 5 aromatic rings. The number of urea groups is 1. The van der Waals surface area contributed by atoms with Crippen molar-refractivity contribution in [1.29, 1.82) is 0 Å². The number of methoxy groups -OCH3 is 3. The average Bonchev–Trinajstić information content (AvgIpc) is 3.36. The molecule has 2 heterocycles. The van der Waals surface area contributed by atoms with Crippen LogP contribution >= 0.6 is 0 Å². The SMILES string of the molecule is COc1cc(Oc2ccnc3cc(OC)c(OC)cc23)ccc1NC(=O)NC(=O)Cn1ncc2c(F)cccc21. The molecule has 2 aromatic heterocycles. The van der Waals surface area contributed by atoms with Crippen molar-refractivity contribution in [2.24, 2.45) is 0 Å². The average molecular weight is 546 g/mol. The predicted octanol–water partition coefficient (Wildman–Crippen LogP) is 4.89. The Hall–Kier alpha value is -5.39. The smallest absolute Gasteiger partial charge is 0.326 e. The number of amides is 3. The number of carbonyl (C=O) groups excluding carboxylic acids is 2. The lowest BCUT2D eigenvalue weighted by atomic mass is 10.2. The summed E-state index contributed by atoms with van der Waals surface area (Å²) in [5.41, 5.74) is 1.39. The maximum atomic E-state index is 13.9.